The molecule has 38 heavy (non-hydrogen) atoms. The monoisotopic (exact) mass is 550 g/mol. The third-order valence-electron chi connectivity index (χ3n) is 6.74. The van der Waals surface area contributed by atoms with Crippen LogP contribution in [-0.4, -0.2) is 50.9 Å². The number of nitrogens with zero attached hydrogens (tertiary/aromatic N) is 2. The van der Waals surface area contributed by atoms with Gasteiger partial charge >= 0.3 is 4.87 Å². The van der Waals surface area contributed by atoms with Gasteiger partial charge in [0.15, 0.2) is 24.5 Å². The van der Waals surface area contributed by atoms with Crippen molar-refractivity contribution in [2.24, 2.45) is 0 Å². The van der Waals surface area contributed by atoms with Crippen molar-refractivity contribution in [3.63, 3.8) is 0 Å². The quantitative estimate of drug-likeness (QED) is 0.242. The molecule has 0 aliphatic carbocycles. The fourth-order valence-electron chi connectivity index (χ4n) is 4.85. The average molecular weight is 551 g/mol. The molecule has 2 aliphatic heterocycles. The van der Waals surface area contributed by atoms with Crippen LogP contribution in [0.1, 0.15) is 63.5 Å². The summed E-state index contributed by atoms with van der Waals surface area (Å²) in [6.07, 6.45) is 0.352. The van der Waals surface area contributed by atoms with Gasteiger partial charge < -0.3 is 29.8 Å². The maximum atomic E-state index is 13.5. The number of ether oxygens (including phenoxy) is 4. The van der Waals surface area contributed by atoms with Gasteiger partial charge in [-0.05, 0) is 18.6 Å². The van der Waals surface area contributed by atoms with Crippen LogP contribution < -0.4 is 16.2 Å². The van der Waals surface area contributed by atoms with Crippen molar-refractivity contribution in [1.82, 2.24) is 14.5 Å². The van der Waals surface area contributed by atoms with Gasteiger partial charge in [-0.15, -0.1) is 0 Å². The number of nitrogens with two attached hydrogens (primary N) is 1. The van der Waals surface area contributed by atoms with E-state index in [2.05, 4.69) is 16.9 Å². The molecule has 206 valence electrons. The van der Waals surface area contributed by atoms with Crippen LogP contribution in [0.25, 0.3) is 10.3 Å². The number of halogens is 1. The Balaban J connectivity index is 1.39. The molecule has 0 radical (unpaired) electrons. The van der Waals surface area contributed by atoms with Crippen molar-refractivity contribution in [2.45, 2.75) is 82.6 Å². The SMILES string of the molecule is CCCCCCCCOC(O)[C@H]1O[C@@H](n2c(=O)sc3c(=O)[nH]c(N)nc32)[C@@H]2OC(c3ccc(F)cc3)O[C@@H]21. The number of benzene rings is 1. The van der Waals surface area contributed by atoms with Crippen LogP contribution in [0.3, 0.4) is 0 Å². The number of nitrogens with one attached hydrogen (secondary N) is 1. The van der Waals surface area contributed by atoms with Gasteiger partial charge in [-0.25, -0.2) is 4.39 Å². The molecule has 6 atom stereocenters. The number of aliphatic hydroxyl groups is 1. The summed E-state index contributed by atoms with van der Waals surface area (Å²) in [7, 11) is 0. The van der Waals surface area contributed by atoms with E-state index in [-0.39, 0.29) is 16.3 Å². The first-order chi connectivity index (χ1) is 18.4. The fourth-order valence-corrected chi connectivity index (χ4v) is 5.69. The highest BCUT2D eigenvalue weighted by molar-refractivity contribution is 7.16. The van der Waals surface area contributed by atoms with Gasteiger partial charge in [-0.1, -0.05) is 62.5 Å². The Bertz CT molecular complexity index is 1360. The Kier molecular flexibility index (Phi) is 8.21. The van der Waals surface area contributed by atoms with Crippen molar-refractivity contribution in [1.29, 1.82) is 0 Å². The largest absolute Gasteiger partial charge is 0.369 e. The second kappa shape index (κ2) is 11.6. The first-order valence-corrected chi connectivity index (χ1v) is 13.6. The number of fused-ring (bicyclic) bond motifs is 2. The summed E-state index contributed by atoms with van der Waals surface area (Å²) in [5.74, 6) is -0.565. The number of hydrogen-bond donors (Lipinski definition) is 3. The van der Waals surface area contributed by atoms with E-state index in [1.165, 1.54) is 35.3 Å². The molecule has 2 unspecified atom stereocenters. The van der Waals surface area contributed by atoms with E-state index in [0.717, 1.165) is 32.1 Å². The van der Waals surface area contributed by atoms with E-state index < -0.39 is 53.4 Å². The van der Waals surface area contributed by atoms with Gasteiger partial charge in [0.2, 0.25) is 5.95 Å². The van der Waals surface area contributed by atoms with E-state index in [1.807, 2.05) is 0 Å². The highest BCUT2D eigenvalue weighted by Crippen LogP contribution is 2.45. The number of aromatic amines is 1. The number of hydrogen-bond acceptors (Lipinski definition) is 10. The molecule has 0 bridgehead atoms. The number of thiazole rings is 1. The van der Waals surface area contributed by atoms with Crippen molar-refractivity contribution in [3.05, 3.63) is 55.7 Å². The van der Waals surface area contributed by atoms with Crippen LogP contribution in [0.4, 0.5) is 10.3 Å². The highest BCUT2D eigenvalue weighted by atomic mass is 32.1. The zero-order valence-electron chi connectivity index (χ0n) is 20.9. The van der Waals surface area contributed by atoms with Crippen LogP contribution in [0.2, 0.25) is 0 Å². The molecule has 11 nitrogen and oxygen atoms in total. The predicted octanol–water partition coefficient (Wildman–Crippen LogP) is 2.94. The van der Waals surface area contributed by atoms with E-state index in [4.69, 9.17) is 24.7 Å². The van der Waals surface area contributed by atoms with E-state index in [0.29, 0.717) is 23.5 Å². The molecular weight excluding hydrogens is 519 g/mol. The minimum atomic E-state index is -1.36. The lowest BCUT2D eigenvalue weighted by atomic mass is 10.1. The second-order valence-electron chi connectivity index (χ2n) is 9.45. The lowest BCUT2D eigenvalue weighted by Gasteiger charge is -2.24. The van der Waals surface area contributed by atoms with Gasteiger partial charge in [-0.3, -0.25) is 19.1 Å². The normalized spacial score (nSPS) is 25.7. The summed E-state index contributed by atoms with van der Waals surface area (Å²) < 4.78 is 38.8. The molecule has 5 rings (SSSR count). The number of anilines is 1. The standard InChI is InChI=1S/C25H31FN4O7S/c1-2-3-4-5-6-7-12-34-22(32)17-15-16(37-23(36-15)13-8-10-14(26)11-9-13)21(35-17)30-19-18(38-25(30)33)20(31)29-24(27)28-19/h8-11,15-17,21-23,32H,2-7,12H2,1H3,(H3,27,28,29,31)/t15-,16+,17-,21+,22?,23?/m0/s1. The maximum Gasteiger partial charge on any atom is 0.311 e. The van der Waals surface area contributed by atoms with Gasteiger partial charge in [0.1, 0.15) is 28.8 Å². The zero-order valence-corrected chi connectivity index (χ0v) is 21.7. The average Bonchev–Trinajstić information content (AvgIpc) is 3.55. The predicted molar refractivity (Wildman–Crippen MR) is 137 cm³/mol. The van der Waals surface area contributed by atoms with Crippen molar-refractivity contribution in [3.8, 4) is 0 Å². The summed E-state index contributed by atoms with van der Waals surface area (Å²) in [6, 6.07) is 5.64. The Morgan fingerprint density at radius 2 is 1.84 bits per heavy atom. The third-order valence-corrected chi connectivity index (χ3v) is 7.69. The molecule has 0 spiro atoms. The van der Waals surface area contributed by atoms with Crippen LogP contribution in [0.15, 0.2) is 33.9 Å². The van der Waals surface area contributed by atoms with E-state index >= 15 is 0 Å². The lowest BCUT2D eigenvalue weighted by Crippen LogP contribution is -2.39. The number of nitrogen functional groups attached to an aromatic ring is 1. The minimum Gasteiger partial charge on any atom is -0.369 e. The topological polar surface area (TPSA) is 151 Å². The lowest BCUT2D eigenvalue weighted by molar-refractivity contribution is -0.221. The van der Waals surface area contributed by atoms with Crippen molar-refractivity contribution < 1.29 is 28.4 Å². The molecule has 2 fully saturated rings. The molecule has 4 N–H and O–H groups in total. The highest BCUT2D eigenvalue weighted by Gasteiger charge is 2.57. The number of H-pyrrole nitrogens is 1. The van der Waals surface area contributed by atoms with Crippen LogP contribution in [0, 0.1) is 5.82 Å². The van der Waals surface area contributed by atoms with Crippen LogP contribution in [-0.2, 0) is 18.9 Å². The summed E-state index contributed by atoms with van der Waals surface area (Å²) in [4.78, 5) is 31.4. The van der Waals surface area contributed by atoms with Gasteiger partial charge in [-0.2, -0.15) is 4.98 Å². The smallest absolute Gasteiger partial charge is 0.311 e. The van der Waals surface area contributed by atoms with Crippen LogP contribution in [0.5, 0.6) is 0 Å². The van der Waals surface area contributed by atoms with Gasteiger partial charge in [0.25, 0.3) is 5.56 Å². The minimum absolute atomic E-state index is 0.0435. The summed E-state index contributed by atoms with van der Waals surface area (Å²) >= 11 is 0.702. The van der Waals surface area contributed by atoms with Crippen molar-refractivity contribution in [2.75, 3.05) is 12.3 Å². The van der Waals surface area contributed by atoms with E-state index in [1.54, 1.807) is 0 Å². The van der Waals surface area contributed by atoms with Crippen molar-refractivity contribution >= 4 is 27.6 Å². The van der Waals surface area contributed by atoms with Gasteiger partial charge in [0, 0.05) is 12.2 Å². The molecule has 1 aromatic carbocycles. The summed E-state index contributed by atoms with van der Waals surface area (Å²) in [6.45, 7) is 2.49. The Labute approximate surface area is 221 Å². The summed E-state index contributed by atoms with van der Waals surface area (Å²) in [5, 5.41) is 10.9. The molecule has 13 heteroatoms. The van der Waals surface area contributed by atoms with E-state index in [9.17, 15) is 19.1 Å². The molecule has 2 aromatic heterocycles. The molecule has 0 amide bonds. The molecule has 0 saturated carbocycles. The molecular formula is C25H31FN4O7S. The van der Waals surface area contributed by atoms with Gasteiger partial charge in [0.05, 0.1) is 0 Å². The molecule has 2 saturated heterocycles. The number of aliphatic hydroxyl groups excluding tert-OH is 1. The summed E-state index contributed by atoms with van der Waals surface area (Å²) in [5.41, 5.74) is 5.79. The first kappa shape index (κ1) is 26.9. The Morgan fingerprint density at radius 1 is 1.13 bits per heavy atom. The number of aromatic nitrogens is 3. The Hall–Kier alpha value is -2.68. The number of rotatable bonds is 11. The Morgan fingerprint density at radius 3 is 2.61 bits per heavy atom. The molecule has 3 aromatic rings. The zero-order chi connectivity index (χ0) is 26.8. The second-order valence-corrected chi connectivity index (χ2v) is 10.4. The number of unbranched alkanes of at least 4 members (excludes halogenated alkanes) is 5. The third kappa shape index (κ3) is 5.40. The fraction of sp³-hybridized carbons (Fsp3) is 0.560. The molecule has 2 aliphatic rings. The van der Waals surface area contributed by atoms with Crippen LogP contribution >= 0.6 is 11.3 Å². The first-order valence-electron chi connectivity index (χ1n) is 12.8. The maximum absolute atomic E-state index is 13.5. The molecule has 4 heterocycles.